The van der Waals surface area contributed by atoms with Crippen molar-refractivity contribution in [1.29, 1.82) is 0 Å². The molecular weight excluding hydrogens is 400 g/mol. The summed E-state index contributed by atoms with van der Waals surface area (Å²) in [6.45, 7) is 0.287. The zero-order valence-corrected chi connectivity index (χ0v) is 17.2. The van der Waals surface area contributed by atoms with E-state index in [0.717, 1.165) is 16.3 Å². The predicted octanol–water partition coefficient (Wildman–Crippen LogP) is 4.51. The number of methoxy groups -OCH3 is 1. The summed E-state index contributed by atoms with van der Waals surface area (Å²) in [5.74, 6) is 1.49. The average molecular weight is 420 g/mol. The molecule has 1 saturated carbocycles. The van der Waals surface area contributed by atoms with Crippen LogP contribution in [0.25, 0.3) is 5.65 Å². The second-order valence-electron chi connectivity index (χ2n) is 7.14. The molecule has 5 rings (SSSR count). The summed E-state index contributed by atoms with van der Waals surface area (Å²) < 4.78 is 13.3. The highest BCUT2D eigenvalue weighted by Gasteiger charge is 2.27. The third kappa shape index (κ3) is 3.86. The van der Waals surface area contributed by atoms with Gasteiger partial charge in [-0.1, -0.05) is 6.07 Å². The van der Waals surface area contributed by atoms with Crippen LogP contribution in [-0.4, -0.2) is 27.4 Å². The van der Waals surface area contributed by atoms with Crippen molar-refractivity contribution in [3.8, 4) is 11.5 Å². The van der Waals surface area contributed by atoms with Gasteiger partial charge in [0.2, 0.25) is 0 Å². The van der Waals surface area contributed by atoms with Gasteiger partial charge >= 0.3 is 0 Å². The number of thiazole rings is 1. The number of nitrogens with zero attached hydrogens (tertiary/aromatic N) is 3. The highest BCUT2D eigenvalue weighted by molar-refractivity contribution is 7.13. The normalized spacial score (nSPS) is 13.4. The lowest BCUT2D eigenvalue weighted by atomic mass is 10.2. The van der Waals surface area contributed by atoms with E-state index in [-0.39, 0.29) is 12.5 Å². The summed E-state index contributed by atoms with van der Waals surface area (Å²) in [6, 6.07) is 11.2. The third-order valence-corrected chi connectivity index (χ3v) is 6.04. The van der Waals surface area contributed by atoms with Gasteiger partial charge in [0, 0.05) is 30.1 Å². The van der Waals surface area contributed by atoms with Crippen LogP contribution >= 0.6 is 11.3 Å². The molecule has 30 heavy (non-hydrogen) atoms. The second kappa shape index (κ2) is 7.79. The number of rotatable bonds is 7. The molecule has 0 saturated heterocycles. The number of pyridine rings is 1. The molecule has 1 N–H and O–H groups in total. The Morgan fingerprint density at radius 1 is 1.27 bits per heavy atom. The van der Waals surface area contributed by atoms with Crippen LogP contribution in [0.4, 0.5) is 5.69 Å². The van der Waals surface area contributed by atoms with Crippen LogP contribution in [-0.2, 0) is 6.61 Å². The van der Waals surface area contributed by atoms with E-state index in [4.69, 9.17) is 9.47 Å². The monoisotopic (exact) mass is 420 g/mol. The number of fused-ring (bicyclic) bond motifs is 1. The number of hydrogen-bond donors (Lipinski definition) is 1. The van der Waals surface area contributed by atoms with Gasteiger partial charge in [0.15, 0.2) is 11.5 Å². The number of carbonyl (C=O) groups excluding carboxylic acids is 1. The van der Waals surface area contributed by atoms with Crippen molar-refractivity contribution in [2.45, 2.75) is 25.4 Å². The number of hydrogen-bond acceptors (Lipinski definition) is 6. The molecule has 0 spiro atoms. The number of benzene rings is 1. The summed E-state index contributed by atoms with van der Waals surface area (Å²) in [5.41, 5.74) is 2.29. The van der Waals surface area contributed by atoms with Crippen molar-refractivity contribution in [3.63, 3.8) is 0 Å². The van der Waals surface area contributed by atoms with E-state index in [9.17, 15) is 4.79 Å². The zero-order valence-electron chi connectivity index (χ0n) is 16.4. The minimum Gasteiger partial charge on any atom is -0.493 e. The highest BCUT2D eigenvalue weighted by Crippen LogP contribution is 2.41. The maximum atomic E-state index is 12.6. The Labute approximate surface area is 177 Å². The zero-order chi connectivity index (χ0) is 20.5. The maximum Gasteiger partial charge on any atom is 0.267 e. The van der Waals surface area contributed by atoms with Gasteiger partial charge in [-0.15, -0.1) is 11.3 Å². The topological polar surface area (TPSA) is 77.8 Å². The van der Waals surface area contributed by atoms with E-state index >= 15 is 0 Å². The standard InChI is InChI=1S/C22H20N4O3S/c1-28-17-8-7-15(25-21(27)19-11-23-22(30-19)14-5-6-14)10-18(17)29-13-16-12-26-9-3-2-4-20(26)24-16/h2-4,7-12,14H,5-6,13H2,1H3,(H,25,27). The number of anilines is 1. The van der Waals surface area contributed by atoms with E-state index in [2.05, 4.69) is 15.3 Å². The van der Waals surface area contributed by atoms with Crippen molar-refractivity contribution in [3.05, 3.63) is 70.6 Å². The molecule has 8 heteroatoms. The number of carbonyl (C=O) groups is 1. The molecule has 0 aliphatic heterocycles. The molecule has 1 amide bonds. The van der Waals surface area contributed by atoms with Gasteiger partial charge in [-0.2, -0.15) is 0 Å². The molecule has 0 radical (unpaired) electrons. The Morgan fingerprint density at radius 2 is 2.17 bits per heavy atom. The summed E-state index contributed by atoms with van der Waals surface area (Å²) in [4.78, 5) is 22.1. The SMILES string of the molecule is COc1ccc(NC(=O)c2cnc(C3CC3)s2)cc1OCc1cn2ccccc2n1. The quantitative estimate of drug-likeness (QED) is 0.476. The van der Waals surface area contributed by atoms with E-state index in [1.807, 2.05) is 35.0 Å². The third-order valence-electron chi connectivity index (χ3n) is 4.88. The maximum absolute atomic E-state index is 12.6. The average Bonchev–Trinajstić information content (AvgIpc) is 3.34. The Balaban J connectivity index is 1.30. The molecule has 1 aromatic carbocycles. The fraction of sp³-hybridized carbons (Fsp3) is 0.227. The van der Waals surface area contributed by atoms with Crippen LogP contribution in [0.2, 0.25) is 0 Å². The minimum atomic E-state index is -0.170. The van der Waals surface area contributed by atoms with Crippen molar-refractivity contribution in [2.75, 3.05) is 12.4 Å². The minimum absolute atomic E-state index is 0.170. The van der Waals surface area contributed by atoms with Crippen molar-refractivity contribution in [1.82, 2.24) is 14.4 Å². The molecular formula is C22H20N4O3S. The predicted molar refractivity (Wildman–Crippen MR) is 115 cm³/mol. The second-order valence-corrected chi connectivity index (χ2v) is 8.21. The van der Waals surface area contributed by atoms with E-state index in [0.29, 0.717) is 28.0 Å². The smallest absolute Gasteiger partial charge is 0.267 e. The number of ether oxygens (including phenoxy) is 2. The molecule has 1 aliphatic carbocycles. The molecule has 0 bridgehead atoms. The van der Waals surface area contributed by atoms with Crippen molar-refractivity contribution in [2.24, 2.45) is 0 Å². The van der Waals surface area contributed by atoms with Crippen molar-refractivity contribution >= 4 is 28.6 Å². The summed E-state index contributed by atoms with van der Waals surface area (Å²) in [5, 5.41) is 3.97. The van der Waals surface area contributed by atoms with E-state index in [1.54, 1.807) is 31.5 Å². The lowest BCUT2D eigenvalue weighted by molar-refractivity contribution is 0.103. The first kappa shape index (κ1) is 18.6. The van der Waals surface area contributed by atoms with Crippen molar-refractivity contribution < 1.29 is 14.3 Å². The lowest BCUT2D eigenvalue weighted by Gasteiger charge is -2.12. The molecule has 152 valence electrons. The molecule has 7 nitrogen and oxygen atoms in total. The molecule has 3 heterocycles. The lowest BCUT2D eigenvalue weighted by Crippen LogP contribution is -2.10. The highest BCUT2D eigenvalue weighted by atomic mass is 32.1. The summed E-state index contributed by atoms with van der Waals surface area (Å²) in [7, 11) is 1.59. The van der Waals surface area contributed by atoms with E-state index < -0.39 is 0 Å². The fourth-order valence-corrected chi connectivity index (χ4v) is 4.16. The van der Waals surface area contributed by atoms with Gasteiger partial charge in [-0.3, -0.25) is 4.79 Å². The number of amides is 1. The van der Waals surface area contributed by atoms with Gasteiger partial charge in [-0.05, 0) is 37.1 Å². The first-order chi connectivity index (χ1) is 14.7. The molecule has 1 fully saturated rings. The molecule has 0 atom stereocenters. The Bertz CT molecular complexity index is 1180. The van der Waals surface area contributed by atoms with Gasteiger partial charge in [0.1, 0.15) is 17.1 Å². The van der Waals surface area contributed by atoms with E-state index in [1.165, 1.54) is 24.2 Å². The van der Waals surface area contributed by atoms with Crippen LogP contribution in [0.3, 0.4) is 0 Å². The number of nitrogens with one attached hydrogen (secondary N) is 1. The van der Waals surface area contributed by atoms with Gasteiger partial charge in [-0.25, -0.2) is 9.97 Å². The summed E-state index contributed by atoms with van der Waals surface area (Å²) in [6.07, 6.45) is 7.85. The first-order valence-electron chi connectivity index (χ1n) is 9.70. The fourth-order valence-electron chi connectivity index (χ4n) is 3.18. The first-order valence-corrected chi connectivity index (χ1v) is 10.5. The van der Waals surface area contributed by atoms with Crippen LogP contribution < -0.4 is 14.8 Å². The van der Waals surface area contributed by atoms with Crippen LogP contribution in [0.5, 0.6) is 11.5 Å². The molecule has 1 aliphatic rings. The van der Waals surface area contributed by atoms with Crippen LogP contribution in [0, 0.1) is 0 Å². The van der Waals surface area contributed by atoms with Gasteiger partial charge in [0.25, 0.3) is 5.91 Å². The van der Waals surface area contributed by atoms with Gasteiger partial charge < -0.3 is 19.2 Å². The number of aromatic nitrogens is 3. The van der Waals surface area contributed by atoms with Gasteiger partial charge in [0.05, 0.1) is 24.0 Å². The number of imidazole rings is 1. The molecule has 0 unspecified atom stereocenters. The Morgan fingerprint density at radius 3 is 2.97 bits per heavy atom. The Kier molecular flexibility index (Phi) is 4.84. The Hall–Kier alpha value is -3.39. The van der Waals surface area contributed by atoms with Crippen LogP contribution in [0.15, 0.2) is 55.0 Å². The molecule has 4 aromatic rings. The molecule has 3 aromatic heterocycles. The largest absolute Gasteiger partial charge is 0.493 e. The summed E-state index contributed by atoms with van der Waals surface area (Å²) >= 11 is 1.46. The van der Waals surface area contributed by atoms with Crippen LogP contribution in [0.1, 0.15) is 39.1 Å².